The van der Waals surface area contributed by atoms with Crippen LogP contribution < -0.4 is 0 Å². The van der Waals surface area contributed by atoms with Crippen LogP contribution in [0.15, 0.2) is 12.1 Å². The highest BCUT2D eigenvalue weighted by molar-refractivity contribution is 5.89. The first-order valence-electron chi connectivity index (χ1n) is 6.21. The molecule has 100 valence electrons. The number of pyridine rings is 1. The number of aryl methyl sites for hydroxylation is 3. The topological polar surface area (TPSA) is 68.0 Å². The molecule has 0 radical (unpaired) electrons. The van der Waals surface area contributed by atoms with Gasteiger partial charge in [0, 0.05) is 17.8 Å². The van der Waals surface area contributed by atoms with Gasteiger partial charge in [-0.2, -0.15) is 5.10 Å². The lowest BCUT2D eigenvalue weighted by Gasteiger charge is -2.06. The molecule has 2 heterocycles. The maximum atomic E-state index is 11.0. The Morgan fingerprint density at radius 3 is 2.42 bits per heavy atom. The average molecular weight is 259 g/mol. The van der Waals surface area contributed by atoms with Gasteiger partial charge in [-0.1, -0.05) is 0 Å². The molecular weight excluding hydrogens is 242 g/mol. The second kappa shape index (κ2) is 4.84. The zero-order valence-corrected chi connectivity index (χ0v) is 11.6. The van der Waals surface area contributed by atoms with Gasteiger partial charge >= 0.3 is 5.97 Å². The zero-order valence-electron chi connectivity index (χ0n) is 11.6. The summed E-state index contributed by atoms with van der Waals surface area (Å²) in [5, 5.41) is 13.5. The van der Waals surface area contributed by atoms with E-state index < -0.39 is 5.97 Å². The predicted molar refractivity (Wildman–Crippen MR) is 72.3 cm³/mol. The van der Waals surface area contributed by atoms with Crippen LogP contribution in [0, 0.1) is 20.8 Å². The fourth-order valence-electron chi connectivity index (χ4n) is 2.30. The monoisotopic (exact) mass is 259 g/mol. The molecule has 0 spiro atoms. The summed E-state index contributed by atoms with van der Waals surface area (Å²) in [5.74, 6) is -0.950. The molecule has 0 fully saturated rings. The van der Waals surface area contributed by atoms with Crippen molar-refractivity contribution in [3.63, 3.8) is 0 Å². The van der Waals surface area contributed by atoms with Crippen LogP contribution in [0.5, 0.6) is 0 Å². The second-order valence-corrected chi connectivity index (χ2v) is 4.50. The minimum absolute atomic E-state index is 0.238. The molecule has 0 unspecified atom stereocenters. The van der Waals surface area contributed by atoms with E-state index in [1.54, 1.807) is 19.1 Å². The summed E-state index contributed by atoms with van der Waals surface area (Å²) in [6.07, 6.45) is 0. The lowest BCUT2D eigenvalue weighted by molar-refractivity contribution is 0.0695. The van der Waals surface area contributed by atoms with E-state index >= 15 is 0 Å². The van der Waals surface area contributed by atoms with Crippen LogP contribution in [-0.4, -0.2) is 25.8 Å². The Labute approximate surface area is 111 Å². The molecule has 0 aliphatic carbocycles. The number of hydrogen-bond acceptors (Lipinski definition) is 3. The van der Waals surface area contributed by atoms with Crippen LogP contribution in [0.4, 0.5) is 0 Å². The first-order chi connectivity index (χ1) is 8.95. The number of aromatic nitrogens is 3. The molecule has 5 heteroatoms. The third-order valence-corrected chi connectivity index (χ3v) is 3.25. The van der Waals surface area contributed by atoms with Crippen LogP contribution in [0.2, 0.25) is 0 Å². The van der Waals surface area contributed by atoms with Crippen LogP contribution in [0.1, 0.15) is 34.4 Å². The van der Waals surface area contributed by atoms with Crippen molar-refractivity contribution < 1.29 is 9.90 Å². The van der Waals surface area contributed by atoms with Gasteiger partial charge in [0.1, 0.15) is 0 Å². The summed E-state index contributed by atoms with van der Waals surface area (Å²) >= 11 is 0. The van der Waals surface area contributed by atoms with Gasteiger partial charge in [0.2, 0.25) is 0 Å². The highest BCUT2D eigenvalue weighted by Crippen LogP contribution is 2.26. The standard InChI is InChI=1S/C14H17N3O2/c1-5-17-10(4)13(9(3)16-17)12-7-6-11(14(18)19)8(2)15-12/h6-7H,5H2,1-4H3,(H,18,19). The number of carboxylic acid groups (broad SMARTS) is 1. The van der Waals surface area contributed by atoms with Gasteiger partial charge in [-0.3, -0.25) is 9.67 Å². The summed E-state index contributed by atoms with van der Waals surface area (Å²) in [6.45, 7) is 8.49. The van der Waals surface area contributed by atoms with Gasteiger partial charge in [-0.15, -0.1) is 0 Å². The molecule has 1 N–H and O–H groups in total. The fourth-order valence-corrected chi connectivity index (χ4v) is 2.30. The number of rotatable bonds is 3. The number of aromatic carboxylic acids is 1. The number of nitrogens with zero attached hydrogens (tertiary/aromatic N) is 3. The molecule has 0 aromatic carbocycles. The van der Waals surface area contributed by atoms with E-state index in [1.807, 2.05) is 25.5 Å². The van der Waals surface area contributed by atoms with Crippen molar-refractivity contribution in [2.75, 3.05) is 0 Å². The quantitative estimate of drug-likeness (QED) is 0.919. The summed E-state index contributed by atoms with van der Waals surface area (Å²) in [6, 6.07) is 3.34. The summed E-state index contributed by atoms with van der Waals surface area (Å²) in [4.78, 5) is 15.4. The molecule has 0 saturated heterocycles. The number of hydrogen-bond donors (Lipinski definition) is 1. The third kappa shape index (κ3) is 2.23. The van der Waals surface area contributed by atoms with Crippen molar-refractivity contribution in [3.8, 4) is 11.3 Å². The second-order valence-electron chi connectivity index (χ2n) is 4.50. The molecular formula is C14H17N3O2. The van der Waals surface area contributed by atoms with Gasteiger partial charge in [-0.05, 0) is 39.8 Å². The normalized spacial score (nSPS) is 10.7. The van der Waals surface area contributed by atoms with Crippen LogP contribution in [0.3, 0.4) is 0 Å². The minimum Gasteiger partial charge on any atom is -0.478 e. The lowest BCUT2D eigenvalue weighted by Crippen LogP contribution is -2.03. The van der Waals surface area contributed by atoms with Gasteiger partial charge in [0.05, 0.1) is 22.6 Å². The van der Waals surface area contributed by atoms with E-state index in [0.29, 0.717) is 5.69 Å². The molecule has 0 aliphatic heterocycles. The minimum atomic E-state index is -0.950. The maximum Gasteiger partial charge on any atom is 0.337 e. The molecule has 0 atom stereocenters. The average Bonchev–Trinajstić information content (AvgIpc) is 2.63. The van der Waals surface area contributed by atoms with Crippen LogP contribution >= 0.6 is 0 Å². The summed E-state index contributed by atoms with van der Waals surface area (Å²) < 4.78 is 1.92. The Kier molecular flexibility index (Phi) is 3.38. The van der Waals surface area contributed by atoms with Crippen molar-refractivity contribution in [1.29, 1.82) is 0 Å². The number of carboxylic acids is 1. The molecule has 2 aromatic heterocycles. The molecule has 2 aromatic rings. The van der Waals surface area contributed by atoms with E-state index in [4.69, 9.17) is 5.11 Å². The maximum absolute atomic E-state index is 11.0. The van der Waals surface area contributed by atoms with E-state index in [2.05, 4.69) is 10.1 Å². The molecule has 0 aliphatic rings. The van der Waals surface area contributed by atoms with E-state index in [-0.39, 0.29) is 5.56 Å². The van der Waals surface area contributed by atoms with Crippen molar-refractivity contribution >= 4 is 5.97 Å². The van der Waals surface area contributed by atoms with Crippen molar-refractivity contribution in [3.05, 3.63) is 34.8 Å². The van der Waals surface area contributed by atoms with Gasteiger partial charge < -0.3 is 5.11 Å². The smallest absolute Gasteiger partial charge is 0.337 e. The first kappa shape index (κ1) is 13.3. The highest BCUT2D eigenvalue weighted by Gasteiger charge is 2.16. The molecule has 5 nitrogen and oxygen atoms in total. The van der Waals surface area contributed by atoms with Crippen LogP contribution in [-0.2, 0) is 6.54 Å². The van der Waals surface area contributed by atoms with Crippen LogP contribution in [0.25, 0.3) is 11.3 Å². The van der Waals surface area contributed by atoms with E-state index in [9.17, 15) is 4.79 Å². The van der Waals surface area contributed by atoms with Crippen molar-refractivity contribution in [2.24, 2.45) is 0 Å². The largest absolute Gasteiger partial charge is 0.478 e. The lowest BCUT2D eigenvalue weighted by atomic mass is 10.1. The Morgan fingerprint density at radius 2 is 1.95 bits per heavy atom. The third-order valence-electron chi connectivity index (χ3n) is 3.25. The fraction of sp³-hybridized carbons (Fsp3) is 0.357. The molecule has 0 saturated carbocycles. The number of carbonyl (C=O) groups is 1. The van der Waals surface area contributed by atoms with Gasteiger partial charge in [0.15, 0.2) is 0 Å². The summed E-state index contributed by atoms with van der Waals surface area (Å²) in [7, 11) is 0. The Bertz CT molecular complexity index is 644. The summed E-state index contributed by atoms with van der Waals surface area (Å²) in [5.41, 5.74) is 4.48. The van der Waals surface area contributed by atoms with Gasteiger partial charge in [-0.25, -0.2) is 4.79 Å². The Balaban J connectivity index is 2.57. The Morgan fingerprint density at radius 1 is 1.26 bits per heavy atom. The highest BCUT2D eigenvalue weighted by atomic mass is 16.4. The van der Waals surface area contributed by atoms with E-state index in [1.165, 1.54) is 0 Å². The molecule has 0 bridgehead atoms. The van der Waals surface area contributed by atoms with E-state index in [0.717, 1.165) is 29.2 Å². The van der Waals surface area contributed by atoms with Crippen molar-refractivity contribution in [2.45, 2.75) is 34.2 Å². The zero-order chi connectivity index (χ0) is 14.2. The van der Waals surface area contributed by atoms with Crippen molar-refractivity contribution in [1.82, 2.24) is 14.8 Å². The van der Waals surface area contributed by atoms with Gasteiger partial charge in [0.25, 0.3) is 0 Å². The molecule has 0 amide bonds. The SMILES string of the molecule is CCn1nc(C)c(-c2ccc(C(=O)O)c(C)n2)c1C. The predicted octanol–water partition coefficient (Wildman–Crippen LogP) is 2.59. The molecule has 2 rings (SSSR count). The molecule has 19 heavy (non-hydrogen) atoms. The Hall–Kier alpha value is -2.17. The first-order valence-corrected chi connectivity index (χ1v) is 6.21.